The molecule has 1 N–H and O–H groups in total. The lowest BCUT2D eigenvalue weighted by Gasteiger charge is -2.26. The van der Waals surface area contributed by atoms with Crippen LogP contribution in [0.15, 0.2) is 65.0 Å². The number of amidine groups is 1. The summed E-state index contributed by atoms with van der Waals surface area (Å²) >= 11 is 0. The van der Waals surface area contributed by atoms with E-state index in [1.54, 1.807) is 59.4 Å². The van der Waals surface area contributed by atoms with Gasteiger partial charge in [0.2, 0.25) is 5.78 Å². The molecule has 0 spiro atoms. The minimum atomic E-state index is -3.44. The second-order valence-electron chi connectivity index (χ2n) is 6.57. The fourth-order valence-corrected chi connectivity index (χ4v) is 3.93. The van der Waals surface area contributed by atoms with E-state index < -0.39 is 10.0 Å². The van der Waals surface area contributed by atoms with Crippen LogP contribution in [0, 0.1) is 0 Å². The first kappa shape index (κ1) is 18.8. The van der Waals surface area contributed by atoms with Gasteiger partial charge in [-0.15, -0.1) is 4.40 Å². The molecule has 2 aromatic rings. The molecule has 0 aliphatic carbocycles. The molecule has 9 nitrogen and oxygen atoms in total. The number of sulfonamides is 1. The Morgan fingerprint density at radius 1 is 1.14 bits per heavy atom. The molecule has 148 valence electrons. The Balaban J connectivity index is 1.46. The maximum Gasteiger partial charge on any atom is 0.257 e. The lowest BCUT2D eigenvalue weighted by atomic mass is 10.1. The van der Waals surface area contributed by atoms with Crippen LogP contribution in [0.1, 0.15) is 16.2 Å². The molecule has 1 aromatic carbocycles. The summed E-state index contributed by atoms with van der Waals surface area (Å²) < 4.78 is 28.4. The number of aryl methyl sites for hydroxylation is 1. The number of rotatable bonds is 4. The average Bonchev–Trinajstić information content (AvgIpc) is 3.13. The van der Waals surface area contributed by atoms with E-state index >= 15 is 0 Å². The molecule has 3 heterocycles. The molecule has 0 saturated heterocycles. The molecule has 0 bridgehead atoms. The molecule has 4 rings (SSSR count). The van der Waals surface area contributed by atoms with E-state index in [0.717, 1.165) is 0 Å². The smallest absolute Gasteiger partial charge is 0.257 e. The minimum absolute atomic E-state index is 0.0960. The molecule has 2 aliphatic rings. The van der Waals surface area contributed by atoms with Crippen LogP contribution < -0.4 is 5.32 Å². The van der Waals surface area contributed by atoms with Gasteiger partial charge in [-0.25, -0.2) is 13.4 Å². The lowest BCUT2D eigenvalue weighted by molar-refractivity contribution is -0.112. The van der Waals surface area contributed by atoms with Crippen molar-refractivity contribution < 1.29 is 18.0 Å². The van der Waals surface area contributed by atoms with Crippen LogP contribution in [0.2, 0.25) is 0 Å². The van der Waals surface area contributed by atoms with Crippen LogP contribution in [0.25, 0.3) is 0 Å². The summed E-state index contributed by atoms with van der Waals surface area (Å²) in [6.45, 7) is 0.242. The van der Waals surface area contributed by atoms with E-state index in [1.165, 1.54) is 12.2 Å². The highest BCUT2D eigenvalue weighted by Gasteiger charge is 2.25. The van der Waals surface area contributed by atoms with Crippen molar-refractivity contribution in [2.45, 2.75) is 0 Å². The van der Waals surface area contributed by atoms with E-state index in [-0.39, 0.29) is 24.0 Å². The zero-order valence-corrected chi connectivity index (χ0v) is 16.3. The number of benzene rings is 1. The van der Waals surface area contributed by atoms with Gasteiger partial charge in [0.05, 0.1) is 11.3 Å². The van der Waals surface area contributed by atoms with Gasteiger partial charge in [-0.3, -0.25) is 9.59 Å². The van der Waals surface area contributed by atoms with Crippen LogP contribution in [-0.4, -0.2) is 52.7 Å². The van der Waals surface area contributed by atoms with Gasteiger partial charge < -0.3 is 14.8 Å². The molecule has 0 atom stereocenters. The van der Waals surface area contributed by atoms with Crippen molar-refractivity contribution >= 4 is 33.2 Å². The van der Waals surface area contributed by atoms with Crippen LogP contribution >= 0.6 is 0 Å². The zero-order chi connectivity index (χ0) is 20.6. The lowest BCUT2D eigenvalue weighted by Crippen LogP contribution is -2.37. The molecule has 1 aromatic heterocycles. The fourth-order valence-electron chi connectivity index (χ4n) is 2.96. The highest BCUT2D eigenvalue weighted by Crippen LogP contribution is 2.18. The topological polar surface area (TPSA) is 114 Å². The predicted molar refractivity (Wildman–Crippen MR) is 107 cm³/mol. The first-order chi connectivity index (χ1) is 13.8. The van der Waals surface area contributed by atoms with Crippen molar-refractivity contribution in [3.63, 3.8) is 0 Å². The number of ketones is 1. The molecule has 0 fully saturated rings. The summed E-state index contributed by atoms with van der Waals surface area (Å²) in [6.07, 6.45) is 7.84. The number of imidazole rings is 1. The van der Waals surface area contributed by atoms with Gasteiger partial charge in [-0.2, -0.15) is 0 Å². The van der Waals surface area contributed by atoms with Gasteiger partial charge in [-0.1, -0.05) is 0 Å². The Morgan fingerprint density at radius 2 is 1.90 bits per heavy atom. The summed E-state index contributed by atoms with van der Waals surface area (Å²) in [5.74, 6) is -0.0244. The molecule has 0 radical (unpaired) electrons. The monoisotopic (exact) mass is 411 g/mol. The number of aromatic nitrogens is 2. The minimum Gasteiger partial charge on any atom is -0.331 e. The van der Waals surface area contributed by atoms with Gasteiger partial charge in [0.15, 0.2) is 5.82 Å². The zero-order valence-electron chi connectivity index (χ0n) is 15.4. The Morgan fingerprint density at radius 3 is 2.59 bits per heavy atom. The van der Waals surface area contributed by atoms with E-state index in [9.17, 15) is 18.0 Å². The molecule has 1 amide bonds. The predicted octanol–water partition coefficient (Wildman–Crippen LogP) is 1.09. The quantitative estimate of drug-likeness (QED) is 0.754. The molecule has 10 heteroatoms. The van der Waals surface area contributed by atoms with Crippen LogP contribution in [0.3, 0.4) is 0 Å². The number of anilines is 1. The molecule has 0 unspecified atom stereocenters. The van der Waals surface area contributed by atoms with E-state index in [0.29, 0.717) is 28.5 Å². The third-order valence-electron chi connectivity index (χ3n) is 4.52. The number of nitrogens with zero attached hydrogens (tertiary/aromatic N) is 4. The summed E-state index contributed by atoms with van der Waals surface area (Å²) in [5, 5.41) is 2.76. The number of hydrogen-bond donors (Lipinski definition) is 1. The maximum absolute atomic E-state index is 12.5. The van der Waals surface area contributed by atoms with Crippen molar-refractivity contribution in [2.24, 2.45) is 11.4 Å². The summed E-state index contributed by atoms with van der Waals surface area (Å²) in [7, 11) is -1.69. The van der Waals surface area contributed by atoms with Gasteiger partial charge in [0.25, 0.3) is 15.9 Å². The van der Waals surface area contributed by atoms with Crippen LogP contribution in [-0.2, 0) is 21.9 Å². The third kappa shape index (κ3) is 3.87. The third-order valence-corrected chi connectivity index (χ3v) is 5.68. The van der Waals surface area contributed by atoms with Crippen LogP contribution in [0.5, 0.6) is 0 Å². The normalized spacial score (nSPS) is 17.2. The van der Waals surface area contributed by atoms with Crippen molar-refractivity contribution in [1.29, 1.82) is 0 Å². The van der Waals surface area contributed by atoms with Gasteiger partial charge in [0, 0.05) is 43.4 Å². The number of fused-ring (bicyclic) bond motifs is 1. The summed E-state index contributed by atoms with van der Waals surface area (Å²) in [6, 6.07) is 6.53. The molecular weight excluding hydrogens is 394 g/mol. The second kappa shape index (κ2) is 7.13. The van der Waals surface area contributed by atoms with Crippen LogP contribution in [0.4, 0.5) is 5.69 Å². The Labute approximate surface area is 167 Å². The number of carbonyl (C=O) groups is 2. The molecule has 29 heavy (non-hydrogen) atoms. The summed E-state index contributed by atoms with van der Waals surface area (Å²) in [5.41, 5.74) is 1.36. The first-order valence-corrected chi connectivity index (χ1v) is 10.4. The largest absolute Gasteiger partial charge is 0.331 e. The highest BCUT2D eigenvalue weighted by molar-refractivity contribution is 7.90. The SMILES string of the molecule is Cn1ccnc1C(=O)c1ccc(NC(=O)C2=CN3CCS(=O)(=O)N=C3C=C2)cc1. The molecule has 2 aliphatic heterocycles. The number of nitrogens with one attached hydrogen (secondary N) is 1. The number of hydrogen-bond acceptors (Lipinski definition) is 6. The Bertz CT molecular complexity index is 1190. The molecule has 0 saturated carbocycles. The van der Waals surface area contributed by atoms with Crippen molar-refractivity contribution in [1.82, 2.24) is 14.5 Å². The summed E-state index contributed by atoms with van der Waals surface area (Å²) in [4.78, 5) is 30.6. The van der Waals surface area contributed by atoms with Crippen molar-refractivity contribution in [3.8, 4) is 0 Å². The average molecular weight is 411 g/mol. The second-order valence-corrected chi connectivity index (χ2v) is 8.32. The molecular formula is C19H17N5O4S. The fraction of sp³-hybridized carbons (Fsp3) is 0.158. The van der Waals surface area contributed by atoms with Crippen molar-refractivity contribution in [3.05, 3.63) is 72.0 Å². The number of carbonyl (C=O) groups excluding carboxylic acids is 2. The van der Waals surface area contributed by atoms with E-state index in [1.807, 2.05) is 0 Å². The highest BCUT2D eigenvalue weighted by atomic mass is 32.2. The Kier molecular flexibility index (Phi) is 4.63. The first-order valence-electron chi connectivity index (χ1n) is 8.75. The van der Waals surface area contributed by atoms with E-state index in [4.69, 9.17) is 0 Å². The maximum atomic E-state index is 12.5. The van der Waals surface area contributed by atoms with E-state index in [2.05, 4.69) is 14.7 Å². The van der Waals surface area contributed by atoms with Crippen molar-refractivity contribution in [2.75, 3.05) is 17.6 Å². The van der Waals surface area contributed by atoms with Gasteiger partial charge in [0.1, 0.15) is 5.84 Å². The Hall–Kier alpha value is -3.53. The number of amides is 1. The van der Waals surface area contributed by atoms with Gasteiger partial charge in [-0.05, 0) is 36.4 Å². The standard InChI is InChI=1S/C19H17N5O4S/c1-23-9-8-20-18(23)17(25)13-2-5-15(6-3-13)21-19(26)14-4-7-16-22-29(27,28)11-10-24(16)12-14/h2-9,12H,10-11H2,1H3,(H,21,26). The van der Waals surface area contributed by atoms with Gasteiger partial charge >= 0.3 is 0 Å².